The molecule has 0 bridgehead atoms. The van der Waals surface area contributed by atoms with E-state index in [2.05, 4.69) is 38.7 Å². The van der Waals surface area contributed by atoms with E-state index in [1.54, 1.807) is 0 Å². The smallest absolute Gasteiger partial charge is 0.237 e. The van der Waals surface area contributed by atoms with Crippen LogP contribution < -0.4 is 15.5 Å². The Bertz CT molecular complexity index is 736. The molecule has 146 valence electrons. The Balaban J connectivity index is 0.00000131. The number of aromatic nitrogens is 1. The molecule has 2 aliphatic heterocycles. The van der Waals surface area contributed by atoms with Gasteiger partial charge in [0.2, 0.25) is 5.91 Å². The summed E-state index contributed by atoms with van der Waals surface area (Å²) in [5.41, 5.74) is 2.58. The van der Waals surface area contributed by atoms with E-state index in [1.165, 1.54) is 11.1 Å². The van der Waals surface area contributed by atoms with Crippen LogP contribution in [0.1, 0.15) is 24.0 Å². The molecule has 2 N–H and O–H groups in total. The fraction of sp³-hybridized carbons (Fsp3) is 0.400. The van der Waals surface area contributed by atoms with Gasteiger partial charge in [0.15, 0.2) is 0 Å². The Hall–Kier alpha value is -1.82. The molecule has 2 aliphatic rings. The Morgan fingerprint density at radius 3 is 2.44 bits per heavy atom. The number of benzene rings is 1. The first kappa shape index (κ1) is 21.5. The fourth-order valence-electron chi connectivity index (χ4n) is 3.74. The fourth-order valence-corrected chi connectivity index (χ4v) is 3.74. The maximum absolute atomic E-state index is 12.6. The predicted octanol–water partition coefficient (Wildman–Crippen LogP) is 2.72. The van der Waals surface area contributed by atoms with Crippen LogP contribution in [-0.2, 0) is 17.8 Å². The molecule has 0 spiro atoms. The van der Waals surface area contributed by atoms with Crippen molar-refractivity contribution in [2.24, 2.45) is 0 Å². The van der Waals surface area contributed by atoms with Gasteiger partial charge in [-0.15, -0.1) is 24.8 Å². The van der Waals surface area contributed by atoms with Gasteiger partial charge in [0.25, 0.3) is 0 Å². The van der Waals surface area contributed by atoms with Crippen LogP contribution >= 0.6 is 24.8 Å². The summed E-state index contributed by atoms with van der Waals surface area (Å²) in [4.78, 5) is 19.3. The lowest BCUT2D eigenvalue weighted by Crippen LogP contribution is -2.52. The van der Waals surface area contributed by atoms with Gasteiger partial charge in [-0.2, -0.15) is 0 Å². The van der Waals surface area contributed by atoms with E-state index in [1.807, 2.05) is 30.5 Å². The van der Waals surface area contributed by atoms with Crippen molar-refractivity contribution in [1.29, 1.82) is 0 Å². The van der Waals surface area contributed by atoms with Crippen molar-refractivity contribution in [3.8, 4) is 0 Å². The van der Waals surface area contributed by atoms with Crippen molar-refractivity contribution in [1.82, 2.24) is 15.6 Å². The largest absolute Gasteiger partial charge is 0.356 e. The monoisotopic (exact) mass is 408 g/mol. The van der Waals surface area contributed by atoms with Crippen molar-refractivity contribution >= 4 is 36.5 Å². The number of anilines is 1. The number of carbonyl (C=O) groups excluding carboxylic acids is 1. The quantitative estimate of drug-likeness (QED) is 0.819. The molecule has 1 aromatic heterocycles. The Morgan fingerprint density at radius 1 is 1.04 bits per heavy atom. The van der Waals surface area contributed by atoms with E-state index >= 15 is 0 Å². The number of hydrogen-bond acceptors (Lipinski definition) is 4. The number of hydrogen-bond donors (Lipinski definition) is 2. The number of rotatable bonds is 3. The topological polar surface area (TPSA) is 57.3 Å². The summed E-state index contributed by atoms with van der Waals surface area (Å²) in [6, 6.07) is 14.5. The highest BCUT2D eigenvalue weighted by atomic mass is 35.5. The lowest BCUT2D eigenvalue weighted by molar-refractivity contribution is -0.124. The molecule has 0 aliphatic carbocycles. The standard InChI is InChI=1S/C20H24N4O.2ClH/c25-20(18-13-15-5-1-2-6-16(15)14-22-18)23-17-8-11-24(12-9-17)19-7-3-4-10-21-19;;/h1-7,10,17-18,22H,8-9,11-14H2,(H,23,25);2*1H. The zero-order valence-corrected chi connectivity index (χ0v) is 16.8. The third-order valence-corrected chi connectivity index (χ3v) is 5.21. The maximum atomic E-state index is 12.6. The Kier molecular flexibility index (Phi) is 7.90. The van der Waals surface area contributed by atoms with Crippen LogP contribution in [-0.4, -0.2) is 36.1 Å². The molecule has 27 heavy (non-hydrogen) atoms. The van der Waals surface area contributed by atoms with Gasteiger partial charge in [-0.25, -0.2) is 4.98 Å². The second-order valence-corrected chi connectivity index (χ2v) is 6.86. The van der Waals surface area contributed by atoms with Crippen LogP contribution in [0.15, 0.2) is 48.7 Å². The summed E-state index contributed by atoms with van der Waals surface area (Å²) in [7, 11) is 0. The molecular weight excluding hydrogens is 383 g/mol. The van der Waals surface area contributed by atoms with E-state index in [4.69, 9.17) is 0 Å². The highest BCUT2D eigenvalue weighted by molar-refractivity contribution is 5.85. The van der Waals surface area contributed by atoms with E-state index in [9.17, 15) is 4.79 Å². The molecule has 1 aromatic carbocycles. The minimum atomic E-state index is -0.122. The third kappa shape index (κ3) is 5.12. The summed E-state index contributed by atoms with van der Waals surface area (Å²) in [6.07, 6.45) is 4.53. The van der Waals surface area contributed by atoms with E-state index < -0.39 is 0 Å². The molecule has 1 saturated heterocycles. The molecule has 7 heteroatoms. The third-order valence-electron chi connectivity index (χ3n) is 5.21. The van der Waals surface area contributed by atoms with Crippen molar-refractivity contribution in [3.05, 3.63) is 59.8 Å². The van der Waals surface area contributed by atoms with Crippen LogP contribution in [0.2, 0.25) is 0 Å². The van der Waals surface area contributed by atoms with Crippen molar-refractivity contribution in [2.75, 3.05) is 18.0 Å². The van der Waals surface area contributed by atoms with E-state index in [0.29, 0.717) is 0 Å². The number of nitrogens with one attached hydrogen (secondary N) is 2. The molecule has 0 saturated carbocycles. The molecule has 0 radical (unpaired) electrons. The molecular formula is C20H26Cl2N4O. The zero-order valence-electron chi connectivity index (χ0n) is 15.1. The molecule has 1 atom stereocenters. The molecule has 1 fully saturated rings. The zero-order chi connectivity index (χ0) is 17.1. The van der Waals surface area contributed by atoms with Gasteiger partial charge in [0.05, 0.1) is 6.04 Å². The number of carbonyl (C=O) groups is 1. The first-order chi connectivity index (χ1) is 12.3. The average molecular weight is 409 g/mol. The molecule has 5 nitrogen and oxygen atoms in total. The summed E-state index contributed by atoms with van der Waals surface area (Å²) >= 11 is 0. The van der Waals surface area contributed by atoms with Crippen molar-refractivity contribution < 1.29 is 4.79 Å². The minimum absolute atomic E-state index is 0. The first-order valence-corrected chi connectivity index (χ1v) is 9.06. The Morgan fingerprint density at radius 2 is 1.74 bits per heavy atom. The summed E-state index contributed by atoms with van der Waals surface area (Å²) in [6.45, 7) is 2.64. The van der Waals surface area contributed by atoms with Crippen LogP contribution in [0.25, 0.3) is 0 Å². The molecule has 4 rings (SSSR count). The van der Waals surface area contributed by atoms with Gasteiger partial charge < -0.3 is 15.5 Å². The van der Waals surface area contributed by atoms with Crippen LogP contribution in [0.4, 0.5) is 5.82 Å². The van der Waals surface area contributed by atoms with Crippen LogP contribution in [0.5, 0.6) is 0 Å². The maximum Gasteiger partial charge on any atom is 0.237 e. The molecule has 2 aromatic rings. The summed E-state index contributed by atoms with van der Waals surface area (Å²) in [5, 5.41) is 6.61. The minimum Gasteiger partial charge on any atom is -0.356 e. The lowest BCUT2D eigenvalue weighted by Gasteiger charge is -2.34. The number of halogens is 2. The lowest BCUT2D eigenvalue weighted by atomic mass is 9.95. The van der Waals surface area contributed by atoms with Gasteiger partial charge >= 0.3 is 0 Å². The Labute approximate surface area is 172 Å². The normalized spacial score (nSPS) is 19.3. The highest BCUT2D eigenvalue weighted by Gasteiger charge is 2.27. The van der Waals surface area contributed by atoms with Crippen LogP contribution in [0, 0.1) is 0 Å². The van der Waals surface area contributed by atoms with Gasteiger partial charge in [0.1, 0.15) is 5.82 Å². The number of piperidine rings is 1. The number of fused-ring (bicyclic) bond motifs is 1. The second kappa shape index (κ2) is 9.93. The van der Waals surface area contributed by atoms with Crippen LogP contribution in [0.3, 0.4) is 0 Å². The van der Waals surface area contributed by atoms with Gasteiger partial charge in [0, 0.05) is 31.9 Å². The number of amides is 1. The number of pyridine rings is 1. The van der Waals surface area contributed by atoms with Gasteiger partial charge in [-0.05, 0) is 42.5 Å². The van der Waals surface area contributed by atoms with E-state index in [-0.39, 0.29) is 42.8 Å². The molecule has 1 unspecified atom stereocenters. The van der Waals surface area contributed by atoms with Crippen molar-refractivity contribution in [2.45, 2.75) is 37.9 Å². The predicted molar refractivity (Wildman–Crippen MR) is 113 cm³/mol. The highest BCUT2D eigenvalue weighted by Crippen LogP contribution is 2.19. The van der Waals surface area contributed by atoms with E-state index in [0.717, 1.165) is 44.7 Å². The van der Waals surface area contributed by atoms with Gasteiger partial charge in [-0.1, -0.05) is 30.3 Å². The average Bonchev–Trinajstić information content (AvgIpc) is 2.69. The second-order valence-electron chi connectivity index (χ2n) is 6.86. The SMILES string of the molecule is Cl.Cl.O=C(NC1CCN(c2ccccn2)CC1)C1Cc2ccccc2CN1. The summed E-state index contributed by atoms with van der Waals surface area (Å²) < 4.78 is 0. The first-order valence-electron chi connectivity index (χ1n) is 9.06. The number of nitrogens with zero attached hydrogens (tertiary/aromatic N) is 2. The molecule has 1 amide bonds. The summed E-state index contributed by atoms with van der Waals surface area (Å²) in [5.74, 6) is 1.16. The van der Waals surface area contributed by atoms with Gasteiger partial charge in [-0.3, -0.25) is 4.79 Å². The molecule has 3 heterocycles. The van der Waals surface area contributed by atoms with Crippen molar-refractivity contribution in [3.63, 3.8) is 0 Å².